The third kappa shape index (κ3) is 13.7. The lowest BCUT2D eigenvalue weighted by molar-refractivity contribution is -0.0146. The van der Waals surface area contributed by atoms with Gasteiger partial charge in [0.2, 0.25) is 0 Å². The fourth-order valence-corrected chi connectivity index (χ4v) is 9.70. The van der Waals surface area contributed by atoms with Crippen LogP contribution in [-0.4, -0.2) is 88.2 Å². The molecule has 2 atom stereocenters. The molecule has 1 heterocycles. The molecule has 2 N–H and O–H groups in total. The van der Waals surface area contributed by atoms with Crippen molar-refractivity contribution in [1.29, 1.82) is 5.26 Å². The van der Waals surface area contributed by atoms with Gasteiger partial charge in [0.05, 0.1) is 46.0 Å². The van der Waals surface area contributed by atoms with E-state index >= 15 is 0 Å². The molecule has 0 bridgehead atoms. The van der Waals surface area contributed by atoms with Crippen LogP contribution in [0.1, 0.15) is 113 Å². The van der Waals surface area contributed by atoms with Crippen molar-refractivity contribution in [2.24, 2.45) is 11.8 Å². The minimum Gasteiger partial charge on any atom is -0.493 e. The number of methoxy groups -OCH3 is 4. The van der Waals surface area contributed by atoms with Crippen molar-refractivity contribution in [2.45, 2.75) is 102 Å². The van der Waals surface area contributed by atoms with E-state index in [0.29, 0.717) is 11.5 Å². The normalized spacial score (nSPS) is 14.9. The van der Waals surface area contributed by atoms with Gasteiger partial charge in [0, 0.05) is 6.54 Å². The topological polar surface area (TPSA) is 108 Å². The Kier molecular flexibility index (Phi) is 19.9. The summed E-state index contributed by atoms with van der Waals surface area (Å²) < 4.78 is 21.6. The van der Waals surface area contributed by atoms with E-state index in [2.05, 4.69) is 112 Å². The molecule has 5 aromatic rings. The van der Waals surface area contributed by atoms with Crippen molar-refractivity contribution in [3.63, 3.8) is 0 Å². The molecule has 1 fully saturated rings. The van der Waals surface area contributed by atoms with Crippen LogP contribution in [-0.2, 0) is 22.9 Å². The first-order chi connectivity index (χ1) is 32.6. The largest absolute Gasteiger partial charge is 0.493 e. The maximum absolute atomic E-state index is 12.1. The van der Waals surface area contributed by atoms with E-state index in [9.17, 15) is 15.5 Å². The molecule has 0 spiro atoms. The highest BCUT2D eigenvalue weighted by Gasteiger charge is 2.41. The molecule has 0 aliphatic carbocycles. The van der Waals surface area contributed by atoms with Crippen molar-refractivity contribution < 1.29 is 29.2 Å². The SMILES string of the molecule is CC(C)(C)c1ccc(C(O)CCCN2CCC(C(O)(c3ccccc3)c3ccccc3)CC2)cc1.COc1ccc(CCN(C)CCCC(C#N)(c2ccc(OC)c(OC)c2)C(C)C)cc1OC. The number of rotatable bonds is 21. The molecule has 9 nitrogen and oxygen atoms in total. The first-order valence-corrected chi connectivity index (χ1v) is 24.5. The summed E-state index contributed by atoms with van der Waals surface area (Å²) in [6.07, 6.45) is 5.85. The zero-order valence-electron chi connectivity index (χ0n) is 42.6. The molecule has 68 heavy (non-hydrogen) atoms. The molecule has 0 aromatic heterocycles. The van der Waals surface area contributed by atoms with Crippen LogP contribution in [0.3, 0.4) is 0 Å². The van der Waals surface area contributed by atoms with Gasteiger partial charge in [-0.3, -0.25) is 0 Å². The number of nitriles is 1. The molecule has 2 unspecified atom stereocenters. The number of ether oxygens (including phenoxy) is 4. The fourth-order valence-electron chi connectivity index (χ4n) is 9.70. The van der Waals surface area contributed by atoms with E-state index in [4.69, 9.17) is 18.9 Å². The van der Waals surface area contributed by atoms with Crippen molar-refractivity contribution in [1.82, 2.24) is 9.80 Å². The Morgan fingerprint density at radius 3 is 1.72 bits per heavy atom. The Morgan fingerprint density at radius 2 is 1.21 bits per heavy atom. The molecular weight excluding hydrogens is 847 g/mol. The molecule has 1 aliphatic rings. The number of piperidine rings is 1. The predicted octanol–water partition coefficient (Wildman–Crippen LogP) is 11.5. The van der Waals surface area contributed by atoms with Crippen LogP contribution in [0, 0.1) is 23.2 Å². The highest BCUT2D eigenvalue weighted by Crippen LogP contribution is 2.43. The molecule has 0 saturated carbocycles. The second kappa shape index (κ2) is 25.3. The Bertz CT molecular complexity index is 2260. The lowest BCUT2D eigenvalue weighted by Gasteiger charge is -2.42. The lowest BCUT2D eigenvalue weighted by atomic mass is 9.69. The highest BCUT2D eigenvalue weighted by atomic mass is 16.5. The van der Waals surface area contributed by atoms with Gasteiger partial charge < -0.3 is 39.0 Å². The maximum atomic E-state index is 12.1. The quantitative estimate of drug-likeness (QED) is 0.0744. The van der Waals surface area contributed by atoms with Gasteiger partial charge in [-0.1, -0.05) is 132 Å². The molecule has 1 aliphatic heterocycles. The zero-order chi connectivity index (χ0) is 49.3. The van der Waals surface area contributed by atoms with E-state index in [-0.39, 0.29) is 17.3 Å². The van der Waals surface area contributed by atoms with Gasteiger partial charge >= 0.3 is 0 Å². The Morgan fingerprint density at radius 1 is 0.676 bits per heavy atom. The summed E-state index contributed by atoms with van der Waals surface area (Å²) in [6, 6.07) is 43.2. The first kappa shape index (κ1) is 53.6. The number of hydrogen-bond acceptors (Lipinski definition) is 9. The molecule has 366 valence electrons. The van der Waals surface area contributed by atoms with Gasteiger partial charge in [-0.2, -0.15) is 5.26 Å². The highest BCUT2D eigenvalue weighted by molar-refractivity contribution is 5.48. The van der Waals surface area contributed by atoms with Gasteiger partial charge in [-0.05, 0) is 153 Å². The van der Waals surface area contributed by atoms with Crippen molar-refractivity contribution in [3.8, 4) is 29.1 Å². The summed E-state index contributed by atoms with van der Waals surface area (Å²) in [5.41, 5.74) is 5.02. The minimum absolute atomic E-state index is 0.128. The zero-order valence-corrected chi connectivity index (χ0v) is 42.6. The van der Waals surface area contributed by atoms with Crippen LogP contribution < -0.4 is 18.9 Å². The van der Waals surface area contributed by atoms with E-state index < -0.39 is 17.1 Å². The average Bonchev–Trinajstić information content (AvgIpc) is 3.37. The number of aliphatic hydroxyl groups excluding tert-OH is 1. The second-order valence-corrected chi connectivity index (χ2v) is 19.8. The van der Waals surface area contributed by atoms with E-state index in [1.165, 1.54) is 11.1 Å². The van der Waals surface area contributed by atoms with Gasteiger partial charge in [-0.15, -0.1) is 0 Å². The summed E-state index contributed by atoms with van der Waals surface area (Å²) in [4.78, 5) is 4.80. The third-order valence-electron chi connectivity index (χ3n) is 14.1. The lowest BCUT2D eigenvalue weighted by Crippen LogP contribution is -2.44. The summed E-state index contributed by atoms with van der Waals surface area (Å²) in [5.74, 6) is 3.16. The Balaban J connectivity index is 0.000000255. The van der Waals surface area contributed by atoms with Crippen LogP contribution >= 0.6 is 0 Å². The molecule has 0 radical (unpaired) electrons. The van der Waals surface area contributed by atoms with Crippen LogP contribution in [0.15, 0.2) is 121 Å². The maximum Gasteiger partial charge on any atom is 0.161 e. The average molecular weight is 926 g/mol. The van der Waals surface area contributed by atoms with Gasteiger partial charge in [-0.25, -0.2) is 0 Å². The second-order valence-electron chi connectivity index (χ2n) is 19.8. The number of nitrogens with zero attached hydrogens (tertiary/aromatic N) is 3. The van der Waals surface area contributed by atoms with Crippen molar-refractivity contribution >= 4 is 0 Å². The number of hydrogen-bond donors (Lipinski definition) is 2. The minimum atomic E-state index is -0.968. The number of likely N-dealkylation sites (tertiary alicyclic amines) is 1. The predicted molar refractivity (Wildman–Crippen MR) is 276 cm³/mol. The van der Waals surface area contributed by atoms with Crippen LogP contribution in [0.25, 0.3) is 0 Å². The molecule has 9 heteroatoms. The van der Waals surface area contributed by atoms with Crippen molar-refractivity contribution in [3.05, 3.63) is 155 Å². The molecule has 0 amide bonds. The standard InChI is InChI=1S/C32H41NO2.C27H38N2O4/c1-31(2,3)26-18-16-25(17-19-26)30(34)15-10-22-33-23-20-29(21-24-33)32(35,27-11-6-4-7-12-27)28-13-8-5-9-14-28;1-20(2)27(19-28,22-10-12-24(31-5)26(18-22)33-7)14-8-15-29(3)16-13-21-9-11-23(30-4)25(17-21)32-6/h4-9,11-14,16-19,29-30,34-35H,10,15,20-24H2,1-3H3;9-12,17-18,20H,8,13-16H2,1-7H3. The summed E-state index contributed by atoms with van der Waals surface area (Å²) >= 11 is 0. The first-order valence-electron chi connectivity index (χ1n) is 24.5. The third-order valence-corrected chi connectivity index (χ3v) is 14.1. The summed E-state index contributed by atoms with van der Waals surface area (Å²) in [6.45, 7) is 15.6. The summed E-state index contributed by atoms with van der Waals surface area (Å²) in [5, 5.41) is 33.0. The Labute approximate surface area is 408 Å². The number of aliphatic hydroxyl groups is 2. The smallest absolute Gasteiger partial charge is 0.161 e. The van der Waals surface area contributed by atoms with Crippen molar-refractivity contribution in [2.75, 3.05) is 68.2 Å². The Hall–Kier alpha value is -5.37. The fraction of sp³-hybridized carbons (Fsp3) is 0.475. The van der Waals surface area contributed by atoms with Gasteiger partial charge in [0.1, 0.15) is 5.60 Å². The molecule has 1 saturated heterocycles. The van der Waals surface area contributed by atoms with Crippen LogP contribution in [0.5, 0.6) is 23.0 Å². The molecule has 5 aromatic carbocycles. The summed E-state index contributed by atoms with van der Waals surface area (Å²) in [7, 11) is 8.67. The van der Waals surface area contributed by atoms with Crippen LogP contribution in [0.2, 0.25) is 0 Å². The number of benzene rings is 5. The number of likely N-dealkylation sites (N-methyl/N-ethyl adjacent to an activating group) is 1. The van der Waals surface area contributed by atoms with E-state index in [1.54, 1.807) is 28.4 Å². The van der Waals surface area contributed by atoms with Gasteiger partial charge in [0.15, 0.2) is 23.0 Å². The van der Waals surface area contributed by atoms with Gasteiger partial charge in [0.25, 0.3) is 0 Å². The van der Waals surface area contributed by atoms with Crippen LogP contribution in [0.4, 0.5) is 0 Å². The molecular formula is C59H79N3O6. The monoisotopic (exact) mass is 926 g/mol. The molecule has 6 rings (SSSR count). The van der Waals surface area contributed by atoms with E-state index in [0.717, 1.165) is 111 Å². The van der Waals surface area contributed by atoms with E-state index in [1.807, 2.05) is 66.7 Å².